The molecule has 0 saturated carbocycles. The van der Waals surface area contributed by atoms with Crippen LogP contribution in [0.5, 0.6) is 0 Å². The van der Waals surface area contributed by atoms with Crippen molar-refractivity contribution in [2.45, 2.75) is 0 Å². The van der Waals surface area contributed by atoms with Gasteiger partial charge in [-0.2, -0.15) is 0 Å². The van der Waals surface area contributed by atoms with Crippen LogP contribution in [0.3, 0.4) is 0 Å². The van der Waals surface area contributed by atoms with Crippen LogP contribution in [-0.2, 0) is 41.9 Å². The minimum Gasteiger partial charge on any atom is 0 e. The van der Waals surface area contributed by atoms with Crippen molar-refractivity contribution in [3.05, 3.63) is 0 Å². The third-order valence-corrected chi connectivity index (χ3v) is 0. The Labute approximate surface area is 93.1 Å². The van der Waals surface area contributed by atoms with Crippen LogP contribution in [0.25, 0.3) is 0 Å². The third-order valence-electron chi connectivity index (χ3n) is 0. The first-order chi connectivity index (χ1) is 0. The van der Waals surface area contributed by atoms with Crippen molar-refractivity contribution in [1.29, 1.82) is 0 Å². The molecule has 0 N–H and O–H groups in total. The molecule has 0 aliphatic carbocycles. The summed E-state index contributed by atoms with van der Waals surface area (Å²) in [5.41, 5.74) is 0. The van der Waals surface area contributed by atoms with Crippen molar-refractivity contribution in [2.24, 2.45) is 0 Å². The van der Waals surface area contributed by atoms with Crippen LogP contribution < -0.4 is 0 Å². The van der Waals surface area contributed by atoms with Gasteiger partial charge >= 0.3 is 0 Å². The molecule has 0 bridgehead atoms. The molecule has 0 spiro atoms. The molecule has 0 saturated heterocycles. The summed E-state index contributed by atoms with van der Waals surface area (Å²) in [4.78, 5) is 0. The Morgan fingerprint density at radius 2 is 1.00 bits per heavy atom. The molecule has 0 nitrogen and oxygen atoms in total. The van der Waals surface area contributed by atoms with Crippen LogP contribution in [0.2, 0.25) is 0 Å². The molecule has 0 aliphatic heterocycles. The van der Waals surface area contributed by atoms with Gasteiger partial charge in [0.05, 0.1) is 0 Å². The summed E-state index contributed by atoms with van der Waals surface area (Å²) in [7, 11) is 0. The second-order valence-corrected chi connectivity index (χ2v) is 0. The van der Waals surface area contributed by atoms with Gasteiger partial charge < -0.3 is 0 Å². The standard InChI is InChI=1S/Ag.In.Pb.Zn. The molecule has 0 aliphatic rings. The average Bonchev–Trinajstić information content (AvgIpc) is 0. The Hall–Kier alpha value is 3.16. The maximum absolute atomic E-state index is 0. The van der Waals surface area contributed by atoms with E-state index in [9.17, 15) is 0 Å². The second-order valence-electron chi connectivity index (χ2n) is 0. The first-order valence-corrected chi connectivity index (χ1v) is 0. The quantitative estimate of drug-likeness (QED) is 0.388. The van der Waals surface area contributed by atoms with E-state index in [0.717, 1.165) is 0 Å². The summed E-state index contributed by atoms with van der Waals surface area (Å²) >= 11 is 0. The van der Waals surface area contributed by atoms with E-state index in [1.54, 1.807) is 0 Å². The first-order valence-electron chi connectivity index (χ1n) is 0. The Balaban J connectivity index is 0. The minimum atomic E-state index is 0. The summed E-state index contributed by atoms with van der Waals surface area (Å²) in [6.07, 6.45) is 0. The summed E-state index contributed by atoms with van der Waals surface area (Å²) in [6.45, 7) is 0. The SMILES string of the molecule is [Ag].[In].[Pb].[Zn]. The third kappa shape index (κ3) is 8.94. The van der Waals surface area contributed by atoms with Gasteiger partial charge in [0.25, 0.3) is 0 Å². The molecular formula is AgInPbZn. The van der Waals surface area contributed by atoms with Gasteiger partial charge in [-0.3, -0.25) is 0 Å². The molecule has 4 heteroatoms. The molecule has 0 heterocycles. The van der Waals surface area contributed by atoms with E-state index in [1.807, 2.05) is 0 Å². The topological polar surface area (TPSA) is 0 Å². The fourth-order valence-corrected chi connectivity index (χ4v) is 0. The number of rotatable bonds is 0. The van der Waals surface area contributed by atoms with Crippen molar-refractivity contribution in [3.8, 4) is 0 Å². The van der Waals surface area contributed by atoms with Gasteiger partial charge in [-0.05, 0) is 0 Å². The molecule has 0 fully saturated rings. The van der Waals surface area contributed by atoms with Crippen molar-refractivity contribution < 1.29 is 41.9 Å². The number of hydrogen-bond acceptors (Lipinski definition) is 0. The van der Waals surface area contributed by atoms with Crippen LogP contribution >= 0.6 is 0 Å². The van der Waals surface area contributed by atoms with E-state index in [2.05, 4.69) is 0 Å². The Morgan fingerprint density at radius 1 is 1.00 bits per heavy atom. The van der Waals surface area contributed by atoms with Crippen LogP contribution in [-0.4, -0.2) is 53.1 Å². The smallest absolute Gasteiger partial charge is 0 e. The van der Waals surface area contributed by atoms with Crippen molar-refractivity contribution in [3.63, 3.8) is 0 Å². The predicted octanol–water partition coefficient (Wildman–Crippen LogP) is -0.767. The summed E-state index contributed by atoms with van der Waals surface area (Å²) in [5.74, 6) is 0. The zero-order valence-electron chi connectivity index (χ0n) is 2.09. The molecule has 0 rings (SSSR count). The molecule has 8 radical (unpaired) electrons. The first kappa shape index (κ1) is 27.2. The van der Waals surface area contributed by atoms with E-state index in [1.165, 1.54) is 0 Å². The van der Waals surface area contributed by atoms with Gasteiger partial charge in [0.2, 0.25) is 0 Å². The van der Waals surface area contributed by atoms with Gasteiger partial charge in [-0.25, -0.2) is 0 Å². The van der Waals surface area contributed by atoms with Crippen LogP contribution in [0, 0.1) is 0 Å². The van der Waals surface area contributed by atoms with E-state index in [-0.39, 0.29) is 95.0 Å². The Bertz CT molecular complexity index is 8.00. The molecule has 0 atom stereocenters. The maximum atomic E-state index is 0. The van der Waals surface area contributed by atoms with E-state index in [4.69, 9.17) is 0 Å². The molecule has 0 unspecified atom stereocenters. The van der Waals surface area contributed by atoms with Gasteiger partial charge in [0.15, 0.2) is 0 Å². The van der Waals surface area contributed by atoms with Gasteiger partial charge in [-0.15, -0.1) is 0 Å². The fraction of sp³-hybridized carbons (Fsp3) is 0. The molecule has 0 aromatic heterocycles. The molecule has 0 aromatic rings. The summed E-state index contributed by atoms with van der Waals surface area (Å²) in [5, 5.41) is 0. The van der Waals surface area contributed by atoms with Gasteiger partial charge in [0.1, 0.15) is 0 Å². The van der Waals surface area contributed by atoms with Crippen LogP contribution in [0.4, 0.5) is 0 Å². The van der Waals surface area contributed by atoms with Crippen molar-refractivity contribution >= 4 is 53.1 Å². The molecule has 20 valence electrons. The monoisotopic (exact) mass is 494 g/mol. The molecule has 0 amide bonds. The normalized spacial score (nSPS) is 0. The van der Waals surface area contributed by atoms with E-state index in [0.29, 0.717) is 0 Å². The maximum Gasteiger partial charge on any atom is 0 e. The molecule has 0 aromatic carbocycles. The Morgan fingerprint density at radius 3 is 1.00 bits per heavy atom. The Kier molecular flexibility index (Phi) is 112. The summed E-state index contributed by atoms with van der Waals surface area (Å²) < 4.78 is 0. The van der Waals surface area contributed by atoms with Gasteiger partial charge in [0, 0.05) is 95.0 Å². The van der Waals surface area contributed by atoms with Gasteiger partial charge in [-0.1, -0.05) is 0 Å². The largest absolute Gasteiger partial charge is 0 e. The average molecular weight is 495 g/mol. The van der Waals surface area contributed by atoms with Crippen molar-refractivity contribution in [1.82, 2.24) is 0 Å². The van der Waals surface area contributed by atoms with E-state index >= 15 is 0 Å². The van der Waals surface area contributed by atoms with Crippen LogP contribution in [0.15, 0.2) is 0 Å². The zero-order chi connectivity index (χ0) is 0. The number of hydrogen-bond donors (Lipinski definition) is 0. The second kappa shape index (κ2) is 16.4. The minimum absolute atomic E-state index is 0. The molecular weight excluding hydrogens is 495 g/mol. The van der Waals surface area contributed by atoms with E-state index < -0.39 is 0 Å². The predicted molar refractivity (Wildman–Crippen MR) is 11.5 cm³/mol. The zero-order valence-corrected chi connectivity index (χ0v) is 13.7. The fourth-order valence-electron chi connectivity index (χ4n) is 0. The van der Waals surface area contributed by atoms with Crippen molar-refractivity contribution in [2.75, 3.05) is 0 Å². The molecule has 4 heavy (non-hydrogen) atoms. The summed E-state index contributed by atoms with van der Waals surface area (Å²) in [6, 6.07) is 0. The van der Waals surface area contributed by atoms with Crippen LogP contribution in [0.1, 0.15) is 0 Å².